The smallest absolute Gasteiger partial charge is 0.242 e. The lowest BCUT2D eigenvalue weighted by Crippen LogP contribution is -2.45. The lowest BCUT2D eigenvalue weighted by Gasteiger charge is -2.27. The van der Waals surface area contributed by atoms with E-state index >= 15 is 0 Å². The fraction of sp³-hybridized carbons (Fsp3) is 0.300. The van der Waals surface area contributed by atoms with Crippen molar-refractivity contribution < 1.29 is 9.59 Å². The molecule has 4 rings (SSSR count). The Balaban J connectivity index is 1.59. The summed E-state index contributed by atoms with van der Waals surface area (Å²) in [6, 6.07) is 12.8. The van der Waals surface area contributed by atoms with Gasteiger partial charge in [0.25, 0.3) is 0 Å². The van der Waals surface area contributed by atoms with Crippen molar-refractivity contribution in [1.29, 1.82) is 0 Å². The average Bonchev–Trinajstić information content (AvgIpc) is 3.34. The molecule has 4 nitrogen and oxygen atoms in total. The van der Waals surface area contributed by atoms with Gasteiger partial charge in [-0.1, -0.05) is 41.4 Å². The number of anilines is 2. The summed E-state index contributed by atoms with van der Waals surface area (Å²) >= 11 is 12.0. The van der Waals surface area contributed by atoms with Crippen LogP contribution in [0.5, 0.6) is 0 Å². The zero-order valence-electron chi connectivity index (χ0n) is 14.3. The highest BCUT2D eigenvalue weighted by Crippen LogP contribution is 2.50. The second-order valence-electron chi connectivity index (χ2n) is 7.02. The largest absolute Gasteiger partial charge is 0.324 e. The van der Waals surface area contributed by atoms with Crippen molar-refractivity contribution in [3.8, 4) is 0 Å². The van der Waals surface area contributed by atoms with Crippen LogP contribution in [0.15, 0.2) is 42.5 Å². The molecule has 0 bridgehead atoms. The third kappa shape index (κ3) is 2.78. The van der Waals surface area contributed by atoms with Gasteiger partial charge in [-0.25, -0.2) is 0 Å². The summed E-state index contributed by atoms with van der Waals surface area (Å²) in [5.41, 5.74) is 1.52. The molecule has 2 aromatic carbocycles. The van der Waals surface area contributed by atoms with Crippen molar-refractivity contribution in [3.63, 3.8) is 0 Å². The van der Waals surface area contributed by atoms with Gasteiger partial charge in [0, 0.05) is 16.8 Å². The first-order valence-corrected chi connectivity index (χ1v) is 9.36. The lowest BCUT2D eigenvalue weighted by atomic mass is 10.0. The SMILES string of the molecule is CC1Cc2ccccc2N1C(=O)C1(C(=O)Nc2ccc(Cl)cc2Cl)CC1. The number of hydrogen-bond acceptors (Lipinski definition) is 2. The molecule has 1 N–H and O–H groups in total. The van der Waals surface area contributed by atoms with E-state index in [-0.39, 0.29) is 17.9 Å². The monoisotopic (exact) mass is 388 g/mol. The molecular formula is C20H18Cl2N2O2. The van der Waals surface area contributed by atoms with E-state index in [4.69, 9.17) is 23.2 Å². The zero-order valence-corrected chi connectivity index (χ0v) is 15.8. The normalized spacial score (nSPS) is 19.8. The minimum atomic E-state index is -1.01. The number of amides is 2. The Morgan fingerprint density at radius 3 is 2.58 bits per heavy atom. The maximum atomic E-state index is 13.3. The number of nitrogens with zero attached hydrogens (tertiary/aromatic N) is 1. The summed E-state index contributed by atoms with van der Waals surface area (Å²) in [6.07, 6.45) is 1.91. The highest BCUT2D eigenvalue weighted by atomic mass is 35.5. The van der Waals surface area contributed by atoms with Gasteiger partial charge >= 0.3 is 0 Å². The predicted molar refractivity (Wildman–Crippen MR) is 104 cm³/mol. The van der Waals surface area contributed by atoms with Crippen LogP contribution < -0.4 is 10.2 Å². The van der Waals surface area contributed by atoms with Crippen LogP contribution in [0.4, 0.5) is 11.4 Å². The van der Waals surface area contributed by atoms with Gasteiger partial charge in [0.1, 0.15) is 5.41 Å². The first-order valence-electron chi connectivity index (χ1n) is 8.60. The summed E-state index contributed by atoms with van der Waals surface area (Å²) in [5.74, 6) is -0.430. The van der Waals surface area contributed by atoms with E-state index in [9.17, 15) is 9.59 Å². The van der Waals surface area contributed by atoms with E-state index in [1.165, 1.54) is 0 Å². The van der Waals surface area contributed by atoms with Gasteiger partial charge in [0.05, 0.1) is 10.7 Å². The minimum Gasteiger partial charge on any atom is -0.324 e. The van der Waals surface area contributed by atoms with Crippen molar-refractivity contribution in [2.24, 2.45) is 5.41 Å². The van der Waals surface area contributed by atoms with Gasteiger partial charge in [-0.05, 0) is 56.0 Å². The maximum absolute atomic E-state index is 13.3. The Kier molecular flexibility index (Phi) is 4.20. The number of benzene rings is 2. The molecular weight excluding hydrogens is 371 g/mol. The maximum Gasteiger partial charge on any atom is 0.242 e. The molecule has 1 atom stereocenters. The molecule has 1 fully saturated rings. The molecule has 0 spiro atoms. The summed E-state index contributed by atoms with van der Waals surface area (Å²) in [6.45, 7) is 2.02. The average molecular weight is 389 g/mol. The first kappa shape index (κ1) is 17.4. The molecule has 1 unspecified atom stereocenters. The Hall–Kier alpha value is -2.04. The second-order valence-corrected chi connectivity index (χ2v) is 7.86. The van der Waals surface area contributed by atoms with Gasteiger partial charge in [-0.2, -0.15) is 0 Å². The molecule has 2 aliphatic rings. The van der Waals surface area contributed by atoms with E-state index in [1.54, 1.807) is 23.1 Å². The number of rotatable bonds is 3. The third-order valence-electron chi connectivity index (χ3n) is 5.20. The molecule has 2 amide bonds. The van der Waals surface area contributed by atoms with Crippen LogP contribution in [-0.2, 0) is 16.0 Å². The zero-order chi connectivity index (χ0) is 18.5. The number of fused-ring (bicyclic) bond motifs is 1. The topological polar surface area (TPSA) is 49.4 Å². The number of carbonyl (C=O) groups excluding carboxylic acids is 2. The number of halogens is 2. The van der Waals surface area contributed by atoms with Crippen LogP contribution in [0, 0.1) is 5.41 Å². The Labute approximate surface area is 162 Å². The third-order valence-corrected chi connectivity index (χ3v) is 5.75. The van der Waals surface area contributed by atoms with E-state index in [2.05, 4.69) is 5.32 Å². The molecule has 0 radical (unpaired) electrons. The second kappa shape index (κ2) is 6.29. The van der Waals surface area contributed by atoms with E-state index in [0.29, 0.717) is 28.6 Å². The van der Waals surface area contributed by atoms with Gasteiger partial charge in [0.2, 0.25) is 11.8 Å². The van der Waals surface area contributed by atoms with E-state index < -0.39 is 5.41 Å². The number of para-hydroxylation sites is 1. The van der Waals surface area contributed by atoms with Crippen molar-refractivity contribution >= 4 is 46.4 Å². The van der Waals surface area contributed by atoms with Crippen LogP contribution >= 0.6 is 23.2 Å². The van der Waals surface area contributed by atoms with Gasteiger partial charge in [-0.15, -0.1) is 0 Å². The summed E-state index contributed by atoms with van der Waals surface area (Å²) in [4.78, 5) is 28.0. The van der Waals surface area contributed by atoms with Crippen LogP contribution in [0.3, 0.4) is 0 Å². The van der Waals surface area contributed by atoms with Crippen molar-refractivity contribution in [1.82, 2.24) is 0 Å². The van der Waals surface area contributed by atoms with Crippen LogP contribution in [0.1, 0.15) is 25.3 Å². The molecule has 1 saturated carbocycles. The van der Waals surface area contributed by atoms with E-state index in [1.807, 2.05) is 31.2 Å². The highest BCUT2D eigenvalue weighted by Gasteiger charge is 2.59. The molecule has 0 saturated heterocycles. The number of nitrogens with one attached hydrogen (secondary N) is 1. The fourth-order valence-corrected chi connectivity index (χ4v) is 4.06. The van der Waals surface area contributed by atoms with E-state index in [0.717, 1.165) is 17.7 Å². The Morgan fingerprint density at radius 1 is 1.15 bits per heavy atom. The molecule has 134 valence electrons. The number of hydrogen-bond donors (Lipinski definition) is 1. The first-order chi connectivity index (χ1) is 12.4. The summed E-state index contributed by atoms with van der Waals surface area (Å²) in [5, 5.41) is 3.66. The van der Waals surface area contributed by atoms with Crippen LogP contribution in [-0.4, -0.2) is 17.9 Å². The lowest BCUT2D eigenvalue weighted by molar-refractivity contribution is -0.132. The summed E-state index contributed by atoms with van der Waals surface area (Å²) in [7, 11) is 0. The predicted octanol–water partition coefficient (Wildman–Crippen LogP) is 4.69. The molecule has 2 aromatic rings. The molecule has 1 heterocycles. The highest BCUT2D eigenvalue weighted by molar-refractivity contribution is 6.37. The van der Waals surface area contributed by atoms with Gasteiger partial charge in [0.15, 0.2) is 0 Å². The van der Waals surface area contributed by atoms with Crippen molar-refractivity contribution in [2.75, 3.05) is 10.2 Å². The minimum absolute atomic E-state index is 0.0456. The molecule has 1 aliphatic carbocycles. The number of carbonyl (C=O) groups is 2. The Bertz CT molecular complexity index is 908. The van der Waals surface area contributed by atoms with Crippen LogP contribution in [0.25, 0.3) is 0 Å². The van der Waals surface area contributed by atoms with Gasteiger partial charge in [-0.3, -0.25) is 9.59 Å². The quantitative estimate of drug-likeness (QED) is 0.775. The van der Waals surface area contributed by atoms with Crippen molar-refractivity contribution in [3.05, 3.63) is 58.1 Å². The molecule has 1 aliphatic heterocycles. The Morgan fingerprint density at radius 2 is 1.88 bits per heavy atom. The van der Waals surface area contributed by atoms with Crippen LogP contribution in [0.2, 0.25) is 10.0 Å². The molecule has 0 aromatic heterocycles. The molecule has 6 heteroatoms. The summed E-state index contributed by atoms with van der Waals surface area (Å²) < 4.78 is 0. The standard InChI is InChI=1S/C20H18Cl2N2O2/c1-12-10-13-4-2-3-5-17(13)24(12)19(26)20(8-9-20)18(25)23-16-7-6-14(21)11-15(16)22/h2-7,11-12H,8-10H2,1H3,(H,23,25). The van der Waals surface area contributed by atoms with Crippen molar-refractivity contribution in [2.45, 2.75) is 32.2 Å². The van der Waals surface area contributed by atoms with Gasteiger partial charge < -0.3 is 10.2 Å². The fourth-order valence-electron chi connectivity index (χ4n) is 3.60. The molecule has 26 heavy (non-hydrogen) atoms.